The van der Waals surface area contributed by atoms with E-state index in [9.17, 15) is 0 Å². The standard InChI is InChI=1S/C15H18N4S/c1-18-12-2-3-13(18)9-19(8-12)15-5-4-14(16-17-15)11-6-7-20-10-11/h4-7,10,12-13H,2-3,8-9H2,1H3. The summed E-state index contributed by atoms with van der Waals surface area (Å²) < 4.78 is 0. The maximum absolute atomic E-state index is 4.44. The largest absolute Gasteiger partial charge is 0.352 e. The average Bonchev–Trinajstić information content (AvgIpc) is 3.06. The van der Waals surface area contributed by atoms with Crippen LogP contribution in [0.15, 0.2) is 29.0 Å². The van der Waals surface area contributed by atoms with Crippen molar-refractivity contribution in [2.24, 2.45) is 0 Å². The summed E-state index contributed by atoms with van der Waals surface area (Å²) in [5.74, 6) is 1.02. The number of hydrogen-bond acceptors (Lipinski definition) is 5. The minimum Gasteiger partial charge on any atom is -0.352 e. The van der Waals surface area contributed by atoms with Gasteiger partial charge in [-0.05, 0) is 43.5 Å². The fourth-order valence-corrected chi connectivity index (χ4v) is 4.01. The third kappa shape index (κ3) is 2.01. The van der Waals surface area contributed by atoms with E-state index in [0.29, 0.717) is 12.1 Å². The number of likely N-dealkylation sites (N-methyl/N-ethyl adjacent to an activating group) is 1. The lowest BCUT2D eigenvalue weighted by Crippen LogP contribution is -2.52. The number of hydrogen-bond donors (Lipinski definition) is 0. The zero-order valence-electron chi connectivity index (χ0n) is 11.6. The Morgan fingerprint density at radius 2 is 1.90 bits per heavy atom. The van der Waals surface area contributed by atoms with Gasteiger partial charge in [0.25, 0.3) is 0 Å². The van der Waals surface area contributed by atoms with Crippen molar-refractivity contribution in [1.29, 1.82) is 0 Å². The molecule has 2 aromatic heterocycles. The predicted octanol–water partition coefficient (Wildman–Crippen LogP) is 2.49. The Morgan fingerprint density at radius 1 is 1.10 bits per heavy atom. The number of nitrogens with zero attached hydrogens (tertiary/aromatic N) is 4. The summed E-state index contributed by atoms with van der Waals surface area (Å²) in [5, 5.41) is 13.0. The van der Waals surface area contributed by atoms with Crippen molar-refractivity contribution in [2.75, 3.05) is 25.0 Å². The summed E-state index contributed by atoms with van der Waals surface area (Å²) in [6.45, 7) is 2.17. The average molecular weight is 286 g/mol. The molecular weight excluding hydrogens is 268 g/mol. The van der Waals surface area contributed by atoms with Crippen LogP contribution in [0.5, 0.6) is 0 Å². The van der Waals surface area contributed by atoms with Crippen LogP contribution >= 0.6 is 11.3 Å². The van der Waals surface area contributed by atoms with Gasteiger partial charge < -0.3 is 4.90 Å². The molecule has 2 aliphatic rings. The molecule has 2 aliphatic heterocycles. The lowest BCUT2D eigenvalue weighted by atomic mass is 10.2. The van der Waals surface area contributed by atoms with Crippen LogP contribution in [0.2, 0.25) is 0 Å². The van der Waals surface area contributed by atoms with E-state index in [2.05, 4.69) is 56.0 Å². The van der Waals surface area contributed by atoms with Crippen LogP contribution in [-0.4, -0.2) is 47.3 Å². The Hall–Kier alpha value is -1.46. The highest BCUT2D eigenvalue weighted by atomic mass is 32.1. The molecule has 2 fully saturated rings. The molecule has 0 N–H and O–H groups in total. The second kappa shape index (κ2) is 4.82. The number of anilines is 1. The molecule has 0 amide bonds. The van der Waals surface area contributed by atoms with E-state index in [0.717, 1.165) is 30.2 Å². The summed E-state index contributed by atoms with van der Waals surface area (Å²) >= 11 is 1.69. The maximum Gasteiger partial charge on any atom is 0.151 e. The fraction of sp³-hybridized carbons (Fsp3) is 0.467. The van der Waals surface area contributed by atoms with E-state index in [1.165, 1.54) is 12.8 Å². The van der Waals surface area contributed by atoms with Gasteiger partial charge in [-0.15, -0.1) is 10.2 Å². The molecule has 5 heteroatoms. The Labute approximate surface area is 123 Å². The molecule has 2 aromatic rings. The van der Waals surface area contributed by atoms with Crippen LogP contribution < -0.4 is 4.90 Å². The van der Waals surface area contributed by atoms with E-state index in [4.69, 9.17) is 0 Å². The molecule has 4 nitrogen and oxygen atoms in total. The summed E-state index contributed by atoms with van der Waals surface area (Å²) in [4.78, 5) is 4.93. The minimum atomic E-state index is 0.687. The first-order valence-corrected chi connectivity index (χ1v) is 8.09. The summed E-state index contributed by atoms with van der Waals surface area (Å²) in [6.07, 6.45) is 2.64. The summed E-state index contributed by atoms with van der Waals surface area (Å²) in [5.41, 5.74) is 2.12. The molecule has 0 aromatic carbocycles. The maximum atomic E-state index is 4.44. The lowest BCUT2D eigenvalue weighted by Gasteiger charge is -2.39. The third-order valence-corrected chi connectivity index (χ3v) is 5.32. The highest BCUT2D eigenvalue weighted by molar-refractivity contribution is 7.08. The third-order valence-electron chi connectivity index (χ3n) is 4.64. The van der Waals surface area contributed by atoms with Crippen LogP contribution in [-0.2, 0) is 0 Å². The van der Waals surface area contributed by atoms with Gasteiger partial charge in [-0.25, -0.2) is 0 Å². The number of fused-ring (bicyclic) bond motifs is 2. The molecule has 0 saturated carbocycles. The van der Waals surface area contributed by atoms with Crippen LogP contribution in [0.4, 0.5) is 5.82 Å². The molecule has 0 spiro atoms. The molecule has 2 unspecified atom stereocenters. The molecule has 20 heavy (non-hydrogen) atoms. The van der Waals surface area contributed by atoms with Gasteiger partial charge in [-0.1, -0.05) is 0 Å². The second-order valence-electron chi connectivity index (χ2n) is 5.74. The Morgan fingerprint density at radius 3 is 2.50 bits per heavy atom. The number of thiophene rings is 1. The number of piperazine rings is 1. The Kier molecular flexibility index (Phi) is 2.97. The van der Waals surface area contributed by atoms with E-state index < -0.39 is 0 Å². The van der Waals surface area contributed by atoms with E-state index in [1.54, 1.807) is 11.3 Å². The molecule has 4 rings (SSSR count). The van der Waals surface area contributed by atoms with Crippen molar-refractivity contribution in [2.45, 2.75) is 24.9 Å². The van der Waals surface area contributed by atoms with Crippen molar-refractivity contribution < 1.29 is 0 Å². The lowest BCUT2D eigenvalue weighted by molar-refractivity contribution is 0.211. The van der Waals surface area contributed by atoms with Crippen LogP contribution in [0.25, 0.3) is 11.3 Å². The zero-order valence-corrected chi connectivity index (χ0v) is 12.4. The highest BCUT2D eigenvalue weighted by Crippen LogP contribution is 2.30. The highest BCUT2D eigenvalue weighted by Gasteiger charge is 2.37. The van der Waals surface area contributed by atoms with Crippen LogP contribution in [0.3, 0.4) is 0 Å². The monoisotopic (exact) mass is 286 g/mol. The molecule has 2 atom stereocenters. The van der Waals surface area contributed by atoms with Crippen LogP contribution in [0, 0.1) is 0 Å². The normalized spacial score (nSPS) is 26.1. The van der Waals surface area contributed by atoms with Gasteiger partial charge in [0.15, 0.2) is 5.82 Å². The van der Waals surface area contributed by atoms with E-state index in [-0.39, 0.29) is 0 Å². The summed E-state index contributed by atoms with van der Waals surface area (Å²) in [7, 11) is 2.25. The van der Waals surface area contributed by atoms with Gasteiger partial charge in [-0.3, -0.25) is 4.90 Å². The second-order valence-corrected chi connectivity index (χ2v) is 6.52. The zero-order chi connectivity index (χ0) is 13.5. The van der Waals surface area contributed by atoms with Gasteiger partial charge in [0.1, 0.15) is 0 Å². The smallest absolute Gasteiger partial charge is 0.151 e. The quantitative estimate of drug-likeness (QED) is 0.849. The Balaban J connectivity index is 1.55. The molecule has 2 bridgehead atoms. The van der Waals surface area contributed by atoms with Crippen molar-refractivity contribution in [3.05, 3.63) is 29.0 Å². The number of rotatable bonds is 2. The van der Waals surface area contributed by atoms with Gasteiger partial charge >= 0.3 is 0 Å². The number of aromatic nitrogens is 2. The molecule has 0 aliphatic carbocycles. The van der Waals surface area contributed by atoms with Gasteiger partial charge in [0, 0.05) is 36.1 Å². The molecular formula is C15H18N4S. The van der Waals surface area contributed by atoms with Crippen LogP contribution in [0.1, 0.15) is 12.8 Å². The fourth-order valence-electron chi connectivity index (χ4n) is 3.36. The van der Waals surface area contributed by atoms with E-state index >= 15 is 0 Å². The first kappa shape index (κ1) is 12.3. The first-order valence-electron chi connectivity index (χ1n) is 7.14. The molecule has 4 heterocycles. The first-order chi connectivity index (χ1) is 9.81. The Bertz CT molecular complexity index is 566. The SMILES string of the molecule is CN1C2CCC1CN(c1ccc(-c3ccsc3)nn1)C2. The van der Waals surface area contributed by atoms with Gasteiger partial charge in [0.05, 0.1) is 5.69 Å². The van der Waals surface area contributed by atoms with Gasteiger partial charge in [-0.2, -0.15) is 11.3 Å². The molecule has 0 radical (unpaired) electrons. The van der Waals surface area contributed by atoms with Gasteiger partial charge in [0.2, 0.25) is 0 Å². The predicted molar refractivity (Wildman–Crippen MR) is 82.1 cm³/mol. The van der Waals surface area contributed by atoms with Crippen molar-refractivity contribution >= 4 is 17.2 Å². The van der Waals surface area contributed by atoms with E-state index in [1.807, 2.05) is 0 Å². The molecule has 104 valence electrons. The topological polar surface area (TPSA) is 32.3 Å². The summed E-state index contributed by atoms with van der Waals surface area (Å²) in [6, 6.07) is 7.67. The molecule has 2 saturated heterocycles. The van der Waals surface area contributed by atoms with Crippen molar-refractivity contribution in [1.82, 2.24) is 15.1 Å². The van der Waals surface area contributed by atoms with Crippen molar-refractivity contribution in [3.8, 4) is 11.3 Å². The minimum absolute atomic E-state index is 0.687. The van der Waals surface area contributed by atoms with Crippen molar-refractivity contribution in [3.63, 3.8) is 0 Å².